The van der Waals surface area contributed by atoms with Crippen LogP contribution < -0.4 is 0 Å². The third-order valence-corrected chi connectivity index (χ3v) is 2.33. The lowest BCUT2D eigenvalue weighted by atomic mass is 10.1. The van der Waals surface area contributed by atoms with Crippen molar-refractivity contribution in [3.63, 3.8) is 0 Å². The lowest BCUT2D eigenvalue weighted by Gasteiger charge is -2.24. The molecule has 1 heterocycles. The normalized spacial score (nSPS) is 40.2. The Kier molecular flexibility index (Phi) is 3.87. The maximum atomic E-state index is 10.2. The average molecular weight is 260 g/mol. The van der Waals surface area contributed by atoms with E-state index >= 15 is 0 Å². The smallest absolute Gasteiger partial charge is 0.394 e. The molecule has 0 saturated carbocycles. The Labute approximate surface area is 91.0 Å². The van der Waals surface area contributed by atoms with E-state index in [0.717, 1.165) is 6.92 Å². The van der Waals surface area contributed by atoms with Crippen molar-refractivity contribution < 1.29 is 42.2 Å². The van der Waals surface area contributed by atoms with Crippen molar-refractivity contribution in [2.75, 3.05) is 6.61 Å². The standard InChI is InChI=1S/C6H12O9S/c1-6(14-15-16(10,11)12)5(9)4(8)3(2-7)13-6/h3-5,7-9H,2H2,1H3,(H,10,11,12)/t3-,4+,5-,6?/m1/s1. The lowest BCUT2D eigenvalue weighted by Crippen LogP contribution is -2.43. The fourth-order valence-electron chi connectivity index (χ4n) is 1.28. The lowest BCUT2D eigenvalue weighted by molar-refractivity contribution is -0.385. The molecule has 0 aromatic rings. The predicted octanol–water partition coefficient (Wildman–Crippen LogP) is -2.43. The topological polar surface area (TPSA) is 143 Å². The number of rotatable bonds is 4. The predicted molar refractivity (Wildman–Crippen MR) is 46.1 cm³/mol. The summed E-state index contributed by atoms with van der Waals surface area (Å²) in [5, 5.41) is 27.5. The number of aliphatic hydroxyl groups is 3. The van der Waals surface area contributed by atoms with E-state index in [0.29, 0.717) is 0 Å². The van der Waals surface area contributed by atoms with Gasteiger partial charge >= 0.3 is 10.4 Å². The Bertz CT molecular complexity index is 340. The zero-order chi connectivity index (χ0) is 12.6. The first-order chi connectivity index (χ1) is 7.19. The minimum Gasteiger partial charge on any atom is -0.394 e. The molecule has 4 N–H and O–H groups in total. The first-order valence-corrected chi connectivity index (χ1v) is 5.55. The molecule has 0 aromatic heterocycles. The van der Waals surface area contributed by atoms with E-state index in [1.807, 2.05) is 0 Å². The van der Waals surface area contributed by atoms with Gasteiger partial charge in [-0.2, -0.15) is 13.3 Å². The summed E-state index contributed by atoms with van der Waals surface area (Å²) < 4.78 is 37.1. The minimum atomic E-state index is -4.87. The van der Waals surface area contributed by atoms with E-state index in [1.54, 1.807) is 0 Å². The van der Waals surface area contributed by atoms with Gasteiger partial charge in [0.1, 0.15) is 18.3 Å². The van der Waals surface area contributed by atoms with Crippen LogP contribution in [0.25, 0.3) is 0 Å². The van der Waals surface area contributed by atoms with Gasteiger partial charge in [-0.3, -0.25) is 4.55 Å². The van der Waals surface area contributed by atoms with E-state index < -0.39 is 41.1 Å². The van der Waals surface area contributed by atoms with Crippen LogP contribution in [-0.2, 0) is 24.4 Å². The van der Waals surface area contributed by atoms with Crippen molar-refractivity contribution in [3.8, 4) is 0 Å². The van der Waals surface area contributed by atoms with Gasteiger partial charge in [0.15, 0.2) is 0 Å². The maximum Gasteiger partial charge on any atom is 0.424 e. The highest BCUT2D eigenvalue weighted by Gasteiger charge is 2.53. The monoisotopic (exact) mass is 260 g/mol. The Balaban J connectivity index is 2.71. The van der Waals surface area contributed by atoms with Crippen molar-refractivity contribution in [1.29, 1.82) is 0 Å². The minimum absolute atomic E-state index is 0.608. The van der Waals surface area contributed by atoms with Crippen LogP contribution in [0.5, 0.6) is 0 Å². The van der Waals surface area contributed by atoms with Gasteiger partial charge in [0.2, 0.25) is 5.79 Å². The van der Waals surface area contributed by atoms with Crippen LogP contribution in [0.2, 0.25) is 0 Å². The molecule has 0 amide bonds. The van der Waals surface area contributed by atoms with Crippen molar-refractivity contribution >= 4 is 10.4 Å². The molecule has 10 heteroatoms. The van der Waals surface area contributed by atoms with Gasteiger partial charge in [0, 0.05) is 0 Å². The van der Waals surface area contributed by atoms with Gasteiger partial charge < -0.3 is 20.1 Å². The summed E-state index contributed by atoms with van der Waals surface area (Å²) in [4.78, 5) is 4.19. The van der Waals surface area contributed by atoms with Crippen LogP contribution in [0.3, 0.4) is 0 Å². The molecule has 9 nitrogen and oxygen atoms in total. The van der Waals surface area contributed by atoms with E-state index in [4.69, 9.17) is 14.4 Å². The molecule has 0 aliphatic carbocycles. The molecule has 0 bridgehead atoms. The quantitative estimate of drug-likeness (QED) is 0.246. The summed E-state index contributed by atoms with van der Waals surface area (Å²) in [5.74, 6) is -2.01. The zero-order valence-corrected chi connectivity index (χ0v) is 8.99. The highest BCUT2D eigenvalue weighted by atomic mass is 32.3. The number of ether oxygens (including phenoxy) is 1. The molecule has 4 atom stereocenters. The third-order valence-electron chi connectivity index (χ3n) is 2.09. The highest BCUT2D eigenvalue weighted by Crippen LogP contribution is 2.32. The summed E-state index contributed by atoms with van der Waals surface area (Å²) in [6.07, 6.45) is -4.27. The van der Waals surface area contributed by atoms with Crippen LogP contribution >= 0.6 is 0 Å². The third kappa shape index (κ3) is 2.87. The van der Waals surface area contributed by atoms with Crippen LogP contribution in [0, 0.1) is 0 Å². The van der Waals surface area contributed by atoms with Crippen LogP contribution in [0.4, 0.5) is 0 Å². The Morgan fingerprint density at radius 2 is 2.00 bits per heavy atom. The van der Waals surface area contributed by atoms with E-state index in [1.165, 1.54) is 0 Å². The number of aliphatic hydroxyl groups excluding tert-OH is 3. The second kappa shape index (κ2) is 4.50. The second-order valence-corrected chi connectivity index (χ2v) is 4.36. The molecular weight excluding hydrogens is 248 g/mol. The van der Waals surface area contributed by atoms with Gasteiger partial charge in [-0.1, -0.05) is 4.33 Å². The zero-order valence-electron chi connectivity index (χ0n) is 8.18. The van der Waals surface area contributed by atoms with Crippen LogP contribution in [0.1, 0.15) is 6.92 Å². The molecule has 0 radical (unpaired) electrons. The molecular formula is C6H12O9S. The van der Waals surface area contributed by atoms with E-state index in [2.05, 4.69) is 9.22 Å². The second-order valence-electron chi connectivity index (χ2n) is 3.37. The van der Waals surface area contributed by atoms with Crippen molar-refractivity contribution in [1.82, 2.24) is 0 Å². The summed E-state index contributed by atoms with van der Waals surface area (Å²) in [6.45, 7) is 0.463. The molecule has 0 spiro atoms. The number of hydrogen-bond donors (Lipinski definition) is 4. The molecule has 16 heavy (non-hydrogen) atoms. The van der Waals surface area contributed by atoms with Crippen LogP contribution in [-0.4, -0.2) is 59.0 Å². The Morgan fingerprint density at radius 3 is 2.38 bits per heavy atom. The first kappa shape index (κ1) is 13.7. The molecule has 1 aliphatic heterocycles. The molecule has 1 fully saturated rings. The van der Waals surface area contributed by atoms with Crippen molar-refractivity contribution in [3.05, 3.63) is 0 Å². The SMILES string of the molecule is CC1(OOS(=O)(=O)O)O[C@H](CO)[C@H](O)[C@H]1O. The van der Waals surface area contributed by atoms with E-state index in [-0.39, 0.29) is 0 Å². The Hall–Kier alpha value is -0.330. The fraction of sp³-hybridized carbons (Fsp3) is 1.00. The summed E-state index contributed by atoms with van der Waals surface area (Å²) in [6, 6.07) is 0. The van der Waals surface area contributed by atoms with Gasteiger partial charge in [0.25, 0.3) is 0 Å². The summed E-state index contributed by atoms with van der Waals surface area (Å²) in [5.41, 5.74) is 0. The van der Waals surface area contributed by atoms with Gasteiger partial charge in [-0.15, -0.1) is 0 Å². The van der Waals surface area contributed by atoms with Gasteiger partial charge in [0.05, 0.1) is 6.61 Å². The molecule has 96 valence electrons. The Morgan fingerprint density at radius 1 is 1.44 bits per heavy atom. The maximum absolute atomic E-state index is 10.2. The van der Waals surface area contributed by atoms with Gasteiger partial charge in [-0.05, 0) is 6.92 Å². The van der Waals surface area contributed by atoms with Crippen molar-refractivity contribution in [2.24, 2.45) is 0 Å². The number of hydrogen-bond acceptors (Lipinski definition) is 8. The van der Waals surface area contributed by atoms with Crippen LogP contribution in [0.15, 0.2) is 0 Å². The molecule has 1 aliphatic rings. The molecule has 1 rings (SSSR count). The van der Waals surface area contributed by atoms with Crippen molar-refractivity contribution in [2.45, 2.75) is 31.0 Å². The summed E-state index contributed by atoms with van der Waals surface area (Å²) >= 11 is 0. The first-order valence-electron chi connectivity index (χ1n) is 4.19. The summed E-state index contributed by atoms with van der Waals surface area (Å²) in [7, 11) is -4.87. The van der Waals surface area contributed by atoms with Gasteiger partial charge in [-0.25, -0.2) is 0 Å². The molecule has 0 aromatic carbocycles. The van der Waals surface area contributed by atoms with E-state index in [9.17, 15) is 18.6 Å². The molecule has 1 unspecified atom stereocenters. The highest BCUT2D eigenvalue weighted by molar-refractivity contribution is 7.80. The average Bonchev–Trinajstić information content (AvgIpc) is 2.40. The largest absolute Gasteiger partial charge is 0.424 e. The molecule has 1 saturated heterocycles. The fourth-order valence-corrected chi connectivity index (χ4v) is 1.50.